The van der Waals surface area contributed by atoms with Crippen molar-refractivity contribution in [1.29, 1.82) is 0 Å². The third-order valence-electron chi connectivity index (χ3n) is 5.45. The SMILES string of the molecule is Cl.Cl.Cn1cc(NC(=O)c2cc(NC(=O)c3cc(N)cn3C)cn2C)cc1C(=O)NCCNc1ncc[nH]1. The van der Waals surface area contributed by atoms with Gasteiger partial charge in [0.25, 0.3) is 17.7 Å². The zero-order valence-corrected chi connectivity index (χ0v) is 22.6. The monoisotopic (exact) mass is 564 g/mol. The first-order chi connectivity index (χ1) is 17.2. The molecular formula is C23H30Cl2N10O3. The van der Waals surface area contributed by atoms with Gasteiger partial charge in [0.1, 0.15) is 17.1 Å². The highest BCUT2D eigenvalue weighted by Crippen LogP contribution is 2.19. The zero-order chi connectivity index (χ0) is 25.8. The first kappa shape index (κ1) is 29.9. The number of aryl methyl sites for hydroxylation is 3. The van der Waals surface area contributed by atoms with Crippen LogP contribution >= 0.6 is 24.8 Å². The second kappa shape index (κ2) is 12.7. The van der Waals surface area contributed by atoms with Crippen molar-refractivity contribution in [1.82, 2.24) is 29.0 Å². The van der Waals surface area contributed by atoms with Gasteiger partial charge in [-0.1, -0.05) is 0 Å². The number of nitrogens with one attached hydrogen (secondary N) is 5. The molecule has 4 aromatic heterocycles. The van der Waals surface area contributed by atoms with Crippen LogP contribution in [-0.4, -0.2) is 54.5 Å². The van der Waals surface area contributed by atoms with Crippen molar-refractivity contribution in [3.8, 4) is 0 Å². The van der Waals surface area contributed by atoms with Gasteiger partial charge in [0.05, 0.1) is 17.1 Å². The summed E-state index contributed by atoms with van der Waals surface area (Å²) >= 11 is 0. The Bertz CT molecular complexity index is 1400. The number of carbonyl (C=O) groups excluding carboxylic acids is 3. The molecule has 3 amide bonds. The number of hydrogen-bond donors (Lipinski definition) is 6. The predicted molar refractivity (Wildman–Crippen MR) is 150 cm³/mol. The van der Waals surface area contributed by atoms with Gasteiger partial charge in [0.15, 0.2) is 5.95 Å². The number of hydrogen-bond acceptors (Lipinski definition) is 6. The fourth-order valence-corrected chi connectivity index (χ4v) is 3.73. The van der Waals surface area contributed by atoms with Crippen LogP contribution in [0.25, 0.3) is 0 Å². The van der Waals surface area contributed by atoms with E-state index in [2.05, 4.69) is 31.2 Å². The van der Waals surface area contributed by atoms with E-state index < -0.39 is 0 Å². The molecule has 0 atom stereocenters. The van der Waals surface area contributed by atoms with Gasteiger partial charge in [-0.05, 0) is 18.2 Å². The Morgan fingerprint density at radius 3 is 1.84 bits per heavy atom. The molecule has 0 aromatic carbocycles. The molecule has 4 rings (SSSR count). The lowest BCUT2D eigenvalue weighted by Crippen LogP contribution is -2.30. The molecular weight excluding hydrogens is 535 g/mol. The topological polar surface area (TPSA) is 169 Å². The van der Waals surface area contributed by atoms with Crippen LogP contribution in [0.2, 0.25) is 0 Å². The molecule has 0 saturated heterocycles. The van der Waals surface area contributed by atoms with Crippen molar-refractivity contribution in [3.05, 3.63) is 66.3 Å². The third kappa shape index (κ3) is 6.89. The first-order valence-electron chi connectivity index (χ1n) is 11.1. The highest BCUT2D eigenvalue weighted by atomic mass is 35.5. The smallest absolute Gasteiger partial charge is 0.272 e. The standard InChI is InChI=1S/C23H28N10O3.2ClH/c1-31-11-14(24)8-17(31)21(35)29-16-10-19(33(3)13-16)22(36)30-15-9-18(32(2)12-15)20(34)25-4-5-26-23-27-6-7-28-23;;/h6-13H,4-5,24H2,1-3H3,(H,25,34)(H,29,35)(H,30,36)(H2,26,27,28);2*1H. The van der Waals surface area contributed by atoms with Crippen LogP contribution in [0, 0.1) is 0 Å². The molecule has 0 aliphatic rings. The second-order valence-electron chi connectivity index (χ2n) is 8.25. The number of carbonyl (C=O) groups is 3. The summed E-state index contributed by atoms with van der Waals surface area (Å²) in [6.07, 6.45) is 8.27. The van der Waals surface area contributed by atoms with E-state index in [9.17, 15) is 14.4 Å². The zero-order valence-electron chi connectivity index (χ0n) is 20.9. The summed E-state index contributed by atoms with van der Waals surface area (Å²) in [5.41, 5.74) is 8.27. The van der Waals surface area contributed by atoms with E-state index in [1.54, 1.807) is 84.0 Å². The fraction of sp³-hybridized carbons (Fsp3) is 0.217. The van der Waals surface area contributed by atoms with E-state index in [-0.39, 0.29) is 42.5 Å². The van der Waals surface area contributed by atoms with Crippen molar-refractivity contribution >= 4 is 65.5 Å². The molecule has 0 aliphatic carbocycles. The van der Waals surface area contributed by atoms with Gasteiger partial charge in [0.2, 0.25) is 0 Å². The molecule has 4 heterocycles. The van der Waals surface area contributed by atoms with Crippen LogP contribution in [0.3, 0.4) is 0 Å². The molecule has 0 spiro atoms. The molecule has 0 aliphatic heterocycles. The largest absolute Gasteiger partial charge is 0.397 e. The first-order valence-corrected chi connectivity index (χ1v) is 11.1. The van der Waals surface area contributed by atoms with Gasteiger partial charge in [-0.25, -0.2) is 4.98 Å². The molecule has 7 N–H and O–H groups in total. The number of rotatable bonds is 9. The Morgan fingerprint density at radius 2 is 1.34 bits per heavy atom. The molecule has 15 heteroatoms. The van der Waals surface area contributed by atoms with E-state index in [1.807, 2.05) is 0 Å². The van der Waals surface area contributed by atoms with E-state index in [0.717, 1.165) is 0 Å². The number of nitrogens with zero attached hydrogens (tertiary/aromatic N) is 4. The molecule has 38 heavy (non-hydrogen) atoms. The van der Waals surface area contributed by atoms with Crippen LogP contribution in [-0.2, 0) is 21.1 Å². The van der Waals surface area contributed by atoms with Gasteiger partial charge in [-0.2, -0.15) is 0 Å². The Balaban J connectivity index is 0.00000253. The lowest BCUT2D eigenvalue weighted by atomic mass is 10.3. The summed E-state index contributed by atoms with van der Waals surface area (Å²) in [5.74, 6) is -0.378. The Morgan fingerprint density at radius 1 is 0.816 bits per heavy atom. The number of aromatic nitrogens is 5. The quantitative estimate of drug-likeness (QED) is 0.170. The van der Waals surface area contributed by atoms with Crippen molar-refractivity contribution in [2.75, 3.05) is 34.8 Å². The molecule has 0 fully saturated rings. The van der Waals surface area contributed by atoms with Gasteiger partial charge in [-0.3, -0.25) is 14.4 Å². The molecule has 0 radical (unpaired) electrons. The van der Waals surface area contributed by atoms with Crippen LogP contribution < -0.4 is 27.0 Å². The number of amides is 3. The third-order valence-corrected chi connectivity index (χ3v) is 5.45. The second-order valence-corrected chi connectivity index (χ2v) is 8.25. The molecule has 13 nitrogen and oxygen atoms in total. The summed E-state index contributed by atoms with van der Waals surface area (Å²) in [4.78, 5) is 44.9. The molecule has 204 valence electrons. The molecule has 4 aromatic rings. The minimum absolute atomic E-state index is 0. The van der Waals surface area contributed by atoms with Crippen molar-refractivity contribution in [3.63, 3.8) is 0 Å². The number of halogens is 2. The summed E-state index contributed by atoms with van der Waals surface area (Å²) in [6, 6.07) is 4.74. The number of H-pyrrole nitrogens is 1. The Labute approximate surface area is 231 Å². The molecule has 0 bridgehead atoms. The van der Waals surface area contributed by atoms with E-state index in [4.69, 9.17) is 5.73 Å². The van der Waals surface area contributed by atoms with Crippen LogP contribution in [0.4, 0.5) is 23.0 Å². The summed E-state index contributed by atoms with van der Waals surface area (Å²) < 4.78 is 4.86. The summed E-state index contributed by atoms with van der Waals surface area (Å²) in [6.45, 7) is 0.886. The number of nitrogens with two attached hydrogens (primary N) is 1. The molecule has 0 saturated carbocycles. The maximum Gasteiger partial charge on any atom is 0.272 e. The number of imidazole rings is 1. The molecule has 0 unspecified atom stereocenters. The van der Waals surface area contributed by atoms with E-state index in [1.165, 1.54) is 0 Å². The van der Waals surface area contributed by atoms with Crippen molar-refractivity contribution in [2.45, 2.75) is 0 Å². The average Bonchev–Trinajstić information content (AvgIpc) is 3.60. The fourth-order valence-electron chi connectivity index (χ4n) is 3.73. The van der Waals surface area contributed by atoms with Crippen LogP contribution in [0.15, 0.2) is 49.2 Å². The predicted octanol–water partition coefficient (Wildman–Crippen LogP) is 2.20. The summed E-state index contributed by atoms with van der Waals surface area (Å²) in [7, 11) is 5.14. The highest BCUT2D eigenvalue weighted by Gasteiger charge is 2.18. The Hall–Kier alpha value is -4.36. The normalized spacial score (nSPS) is 10.2. The number of nitrogen functional groups attached to an aromatic ring is 1. The van der Waals surface area contributed by atoms with Gasteiger partial charge in [-0.15, -0.1) is 24.8 Å². The van der Waals surface area contributed by atoms with Gasteiger partial charge >= 0.3 is 0 Å². The number of aromatic amines is 1. The number of anilines is 4. The van der Waals surface area contributed by atoms with Crippen molar-refractivity contribution in [2.24, 2.45) is 21.1 Å². The van der Waals surface area contributed by atoms with E-state index >= 15 is 0 Å². The maximum absolute atomic E-state index is 12.9. The van der Waals surface area contributed by atoms with Gasteiger partial charge < -0.3 is 45.7 Å². The highest BCUT2D eigenvalue weighted by molar-refractivity contribution is 6.07. The minimum atomic E-state index is -0.388. The lowest BCUT2D eigenvalue weighted by Gasteiger charge is -2.06. The Kier molecular flexibility index (Phi) is 10.0. The minimum Gasteiger partial charge on any atom is -0.397 e. The average molecular weight is 565 g/mol. The van der Waals surface area contributed by atoms with Crippen LogP contribution in [0.5, 0.6) is 0 Å². The lowest BCUT2D eigenvalue weighted by molar-refractivity contribution is 0.0945. The summed E-state index contributed by atoms with van der Waals surface area (Å²) in [5, 5.41) is 11.4. The van der Waals surface area contributed by atoms with Crippen LogP contribution in [0.1, 0.15) is 31.5 Å². The maximum atomic E-state index is 12.9. The van der Waals surface area contributed by atoms with E-state index in [0.29, 0.717) is 53.2 Å². The van der Waals surface area contributed by atoms with Gasteiger partial charge in [0, 0.05) is 65.2 Å². The van der Waals surface area contributed by atoms with Crippen molar-refractivity contribution < 1.29 is 14.4 Å².